The van der Waals surface area contributed by atoms with E-state index in [1.54, 1.807) is 18.2 Å². The maximum atomic E-state index is 13.2. The average molecular weight is 445 g/mol. The first-order valence-corrected chi connectivity index (χ1v) is 13.0. The standard InChI is InChI=1S/C23H32N4O3S/c1-17-21(18(2)30-25-17)31(28,29)26-14-8-20(9-15-26)27-16-23(10-4-3-5-11-23)22(27)19-6-12-24-13-7-19/h6-7,12-13,20,22H,3-5,8-11,14-16H2,1-2H3. The third-order valence-electron chi connectivity index (χ3n) is 7.74. The van der Waals surface area contributed by atoms with Crippen LogP contribution in [0.4, 0.5) is 0 Å². The van der Waals surface area contributed by atoms with E-state index in [2.05, 4.69) is 27.2 Å². The van der Waals surface area contributed by atoms with Crippen molar-refractivity contribution in [3.63, 3.8) is 0 Å². The second-order valence-corrected chi connectivity index (χ2v) is 11.4. The lowest BCUT2D eigenvalue weighted by molar-refractivity contribution is -0.131. The van der Waals surface area contributed by atoms with Crippen LogP contribution in [-0.4, -0.2) is 53.4 Å². The van der Waals surface area contributed by atoms with Crippen LogP contribution in [0.2, 0.25) is 0 Å². The SMILES string of the molecule is Cc1noc(C)c1S(=O)(=O)N1CCC(N2CC3(CCCCC3)C2c2ccncc2)CC1. The van der Waals surface area contributed by atoms with Gasteiger partial charge in [0, 0.05) is 49.5 Å². The first-order valence-electron chi connectivity index (χ1n) is 11.5. The highest BCUT2D eigenvalue weighted by molar-refractivity contribution is 7.89. The van der Waals surface area contributed by atoms with E-state index in [0.29, 0.717) is 42.0 Å². The van der Waals surface area contributed by atoms with Gasteiger partial charge in [-0.1, -0.05) is 24.4 Å². The highest BCUT2D eigenvalue weighted by atomic mass is 32.2. The highest BCUT2D eigenvalue weighted by Crippen LogP contribution is 2.58. The van der Waals surface area contributed by atoms with E-state index < -0.39 is 10.0 Å². The molecule has 0 radical (unpaired) electrons. The van der Waals surface area contributed by atoms with E-state index in [-0.39, 0.29) is 4.90 Å². The van der Waals surface area contributed by atoms with Gasteiger partial charge in [0.05, 0.1) is 0 Å². The predicted molar refractivity (Wildman–Crippen MR) is 117 cm³/mol. The number of rotatable bonds is 4. The fraction of sp³-hybridized carbons (Fsp3) is 0.652. The molecule has 2 saturated heterocycles. The Morgan fingerprint density at radius 1 is 1.06 bits per heavy atom. The Hall–Kier alpha value is -1.77. The lowest BCUT2D eigenvalue weighted by Crippen LogP contribution is -2.63. The summed E-state index contributed by atoms with van der Waals surface area (Å²) in [7, 11) is -3.56. The monoisotopic (exact) mass is 444 g/mol. The van der Waals surface area contributed by atoms with Crippen molar-refractivity contribution in [2.75, 3.05) is 19.6 Å². The maximum absolute atomic E-state index is 13.2. The van der Waals surface area contributed by atoms with Crippen LogP contribution in [0.1, 0.15) is 68.0 Å². The largest absolute Gasteiger partial charge is 0.360 e. The van der Waals surface area contributed by atoms with Gasteiger partial charge in [-0.15, -0.1) is 0 Å². The summed E-state index contributed by atoms with van der Waals surface area (Å²) in [5.74, 6) is 0.374. The summed E-state index contributed by atoms with van der Waals surface area (Å²) in [6.45, 7) is 5.59. The van der Waals surface area contributed by atoms with Crippen molar-refractivity contribution in [2.24, 2.45) is 5.41 Å². The van der Waals surface area contributed by atoms with Crippen molar-refractivity contribution >= 4 is 10.0 Å². The zero-order valence-electron chi connectivity index (χ0n) is 18.5. The summed E-state index contributed by atoms with van der Waals surface area (Å²) in [5, 5.41) is 3.84. The number of likely N-dealkylation sites (tertiary alicyclic amines) is 1. The van der Waals surface area contributed by atoms with Crippen LogP contribution in [0, 0.1) is 19.3 Å². The third-order valence-corrected chi connectivity index (χ3v) is 9.88. The molecule has 3 aliphatic rings. The topological polar surface area (TPSA) is 79.5 Å². The molecule has 3 fully saturated rings. The Morgan fingerprint density at radius 2 is 1.74 bits per heavy atom. The van der Waals surface area contributed by atoms with E-state index in [4.69, 9.17) is 4.52 Å². The van der Waals surface area contributed by atoms with E-state index in [0.717, 1.165) is 19.4 Å². The quantitative estimate of drug-likeness (QED) is 0.713. The van der Waals surface area contributed by atoms with Gasteiger partial charge in [0.1, 0.15) is 10.6 Å². The minimum absolute atomic E-state index is 0.241. The van der Waals surface area contributed by atoms with Gasteiger partial charge in [-0.2, -0.15) is 4.31 Å². The lowest BCUT2D eigenvalue weighted by Gasteiger charge is -2.63. The first kappa shape index (κ1) is 21.1. The molecule has 0 aromatic carbocycles. The van der Waals surface area contributed by atoms with Gasteiger partial charge >= 0.3 is 0 Å². The molecule has 31 heavy (non-hydrogen) atoms. The van der Waals surface area contributed by atoms with Crippen molar-refractivity contribution in [1.29, 1.82) is 0 Å². The molecule has 8 heteroatoms. The summed E-state index contributed by atoms with van der Waals surface area (Å²) in [5.41, 5.74) is 2.20. The van der Waals surface area contributed by atoms with Crippen molar-refractivity contribution in [1.82, 2.24) is 19.3 Å². The molecule has 1 spiro atoms. The summed E-state index contributed by atoms with van der Waals surface area (Å²) in [4.78, 5) is 7.12. The van der Waals surface area contributed by atoms with Crippen LogP contribution in [-0.2, 0) is 10.0 Å². The van der Waals surface area contributed by atoms with E-state index in [1.807, 2.05) is 12.4 Å². The Balaban J connectivity index is 1.32. The van der Waals surface area contributed by atoms with Crippen molar-refractivity contribution < 1.29 is 12.9 Å². The smallest absolute Gasteiger partial charge is 0.248 e. The highest BCUT2D eigenvalue weighted by Gasteiger charge is 2.55. The van der Waals surface area contributed by atoms with Crippen molar-refractivity contribution in [2.45, 2.75) is 75.8 Å². The Kier molecular flexibility index (Phi) is 5.43. The van der Waals surface area contributed by atoms with Gasteiger partial charge in [0.25, 0.3) is 0 Å². The molecular formula is C23H32N4O3S. The second-order valence-electron chi connectivity index (χ2n) is 9.57. The van der Waals surface area contributed by atoms with E-state index in [1.165, 1.54) is 37.7 Å². The van der Waals surface area contributed by atoms with Crippen LogP contribution >= 0.6 is 0 Å². The van der Waals surface area contributed by atoms with E-state index in [9.17, 15) is 8.42 Å². The minimum atomic E-state index is -3.56. The van der Waals surface area contributed by atoms with Gasteiger partial charge in [0.2, 0.25) is 10.0 Å². The number of sulfonamides is 1. The molecule has 1 saturated carbocycles. The summed E-state index contributed by atoms with van der Waals surface area (Å²) >= 11 is 0. The number of nitrogens with zero attached hydrogens (tertiary/aromatic N) is 4. The van der Waals surface area contributed by atoms with Crippen molar-refractivity contribution in [3.05, 3.63) is 41.5 Å². The van der Waals surface area contributed by atoms with Crippen molar-refractivity contribution in [3.8, 4) is 0 Å². The molecule has 2 aliphatic heterocycles. The fourth-order valence-corrected chi connectivity index (χ4v) is 8.05. The fourth-order valence-electron chi connectivity index (χ4n) is 6.28. The normalized spacial score (nSPS) is 25.5. The van der Waals surface area contributed by atoms with Crippen LogP contribution in [0.25, 0.3) is 0 Å². The predicted octanol–water partition coefficient (Wildman–Crippen LogP) is 3.85. The molecule has 0 bridgehead atoms. The van der Waals surface area contributed by atoms with E-state index >= 15 is 0 Å². The Bertz CT molecular complexity index is 1000. The Morgan fingerprint density at radius 3 is 2.35 bits per heavy atom. The van der Waals surface area contributed by atoms with Crippen LogP contribution in [0.5, 0.6) is 0 Å². The molecule has 0 N–H and O–H groups in total. The molecule has 1 unspecified atom stereocenters. The molecule has 1 aliphatic carbocycles. The number of pyridine rings is 1. The molecule has 7 nitrogen and oxygen atoms in total. The first-order chi connectivity index (χ1) is 14.9. The number of piperidine rings is 1. The molecule has 1 atom stereocenters. The summed E-state index contributed by atoms with van der Waals surface area (Å²) in [6, 6.07) is 5.20. The zero-order valence-corrected chi connectivity index (χ0v) is 19.3. The summed E-state index contributed by atoms with van der Waals surface area (Å²) < 4.78 is 33.1. The van der Waals surface area contributed by atoms with Crippen LogP contribution in [0.15, 0.2) is 33.9 Å². The van der Waals surface area contributed by atoms with Gasteiger partial charge in [0.15, 0.2) is 5.76 Å². The summed E-state index contributed by atoms with van der Waals surface area (Å²) in [6.07, 6.45) is 12.1. The Labute approximate surface area is 184 Å². The number of aromatic nitrogens is 2. The van der Waals surface area contributed by atoms with Gasteiger partial charge in [-0.25, -0.2) is 8.42 Å². The number of hydrogen-bond donors (Lipinski definition) is 0. The lowest BCUT2D eigenvalue weighted by atomic mass is 9.60. The zero-order chi connectivity index (χ0) is 21.6. The molecule has 2 aromatic heterocycles. The molecule has 0 amide bonds. The molecule has 168 valence electrons. The molecule has 4 heterocycles. The molecule has 2 aromatic rings. The molecule has 5 rings (SSSR count). The maximum Gasteiger partial charge on any atom is 0.248 e. The van der Waals surface area contributed by atoms with Crippen LogP contribution in [0.3, 0.4) is 0 Å². The van der Waals surface area contributed by atoms with Crippen LogP contribution < -0.4 is 0 Å². The number of aryl methyl sites for hydroxylation is 2. The average Bonchev–Trinajstić information content (AvgIpc) is 3.12. The number of hydrogen-bond acceptors (Lipinski definition) is 6. The molecular weight excluding hydrogens is 412 g/mol. The van der Waals surface area contributed by atoms with Gasteiger partial charge < -0.3 is 4.52 Å². The third kappa shape index (κ3) is 3.52. The van der Waals surface area contributed by atoms with Gasteiger partial charge in [-0.3, -0.25) is 9.88 Å². The minimum Gasteiger partial charge on any atom is -0.360 e. The second kappa shape index (κ2) is 7.98. The van der Waals surface area contributed by atoms with Gasteiger partial charge in [-0.05, 0) is 57.2 Å².